The zero-order valence-electron chi connectivity index (χ0n) is 13.9. The smallest absolute Gasteiger partial charge is 0.410 e. The summed E-state index contributed by atoms with van der Waals surface area (Å²) in [5.74, 6) is 0.307. The lowest BCUT2D eigenvalue weighted by atomic mass is 9.98. The molecule has 0 spiro atoms. The van der Waals surface area contributed by atoms with Gasteiger partial charge in [-0.2, -0.15) is 0 Å². The van der Waals surface area contributed by atoms with Crippen LogP contribution in [-0.4, -0.2) is 16.2 Å². The molecule has 1 heterocycles. The van der Waals surface area contributed by atoms with Gasteiger partial charge in [-0.25, -0.2) is 9.78 Å². The summed E-state index contributed by atoms with van der Waals surface area (Å²) in [6.45, 7) is 2.02. The molecule has 1 amide bonds. The summed E-state index contributed by atoms with van der Waals surface area (Å²) in [6.07, 6.45) is 5.02. The van der Waals surface area contributed by atoms with Crippen LogP contribution in [0.15, 0.2) is 48.7 Å². The van der Waals surface area contributed by atoms with Crippen molar-refractivity contribution in [2.24, 2.45) is 0 Å². The number of carbonyl (C=O) groups is 1. The molecular formula is C20H19ClN2O2. The van der Waals surface area contributed by atoms with Crippen LogP contribution in [0.5, 0.6) is 0 Å². The Labute approximate surface area is 151 Å². The first-order valence-electron chi connectivity index (χ1n) is 8.20. The molecule has 1 aliphatic rings. The molecule has 4 rings (SSSR count). The van der Waals surface area contributed by atoms with Crippen LogP contribution in [0.2, 0.25) is 5.02 Å². The molecule has 1 aliphatic carbocycles. The van der Waals surface area contributed by atoms with Crippen LogP contribution in [0, 0.1) is 6.92 Å². The standard InChI is InChI=1S/C17H13ClN2O2.C3H6/c1-10-3-2-4-14(18)16(10)12-6-5-11-8-15(20-17(21)22)19-9-13(11)7-12;1-2-3-1/h2-9H,1H3,(H,19,20)(H,21,22);1-3H2. The van der Waals surface area contributed by atoms with Crippen molar-refractivity contribution in [2.75, 3.05) is 5.32 Å². The Morgan fingerprint density at radius 2 is 1.88 bits per heavy atom. The monoisotopic (exact) mass is 354 g/mol. The number of nitrogens with zero attached hydrogens (tertiary/aromatic N) is 1. The minimum atomic E-state index is -1.13. The van der Waals surface area contributed by atoms with Gasteiger partial charge in [-0.05, 0) is 41.6 Å². The van der Waals surface area contributed by atoms with Crippen LogP contribution in [0.25, 0.3) is 21.9 Å². The van der Waals surface area contributed by atoms with E-state index < -0.39 is 6.09 Å². The first kappa shape index (κ1) is 17.2. The van der Waals surface area contributed by atoms with Crippen molar-refractivity contribution in [3.8, 4) is 11.1 Å². The normalized spacial score (nSPS) is 12.2. The van der Waals surface area contributed by atoms with Crippen LogP contribution in [0.4, 0.5) is 10.6 Å². The molecule has 0 unspecified atom stereocenters. The first-order chi connectivity index (χ1) is 12.0. The summed E-state index contributed by atoms with van der Waals surface area (Å²) >= 11 is 6.31. The highest BCUT2D eigenvalue weighted by Gasteiger charge is 2.08. The van der Waals surface area contributed by atoms with Crippen LogP contribution < -0.4 is 5.32 Å². The third-order valence-electron chi connectivity index (χ3n) is 3.82. The number of carboxylic acid groups (broad SMARTS) is 1. The molecule has 1 fully saturated rings. The number of halogens is 1. The van der Waals surface area contributed by atoms with E-state index in [1.165, 1.54) is 19.3 Å². The Bertz CT molecular complexity index is 900. The highest BCUT2D eigenvalue weighted by molar-refractivity contribution is 6.33. The Kier molecular flexibility index (Phi) is 5.19. The summed E-state index contributed by atoms with van der Waals surface area (Å²) in [7, 11) is 0. The fourth-order valence-corrected chi connectivity index (χ4v) is 2.80. The zero-order chi connectivity index (χ0) is 17.8. The second-order valence-corrected chi connectivity index (χ2v) is 6.46. The highest BCUT2D eigenvalue weighted by atomic mass is 35.5. The van der Waals surface area contributed by atoms with E-state index in [1.807, 2.05) is 43.3 Å². The third-order valence-corrected chi connectivity index (χ3v) is 4.14. The fourth-order valence-electron chi connectivity index (χ4n) is 2.47. The van der Waals surface area contributed by atoms with Gasteiger partial charge in [-0.3, -0.25) is 5.32 Å². The van der Waals surface area contributed by atoms with Gasteiger partial charge in [0.05, 0.1) is 0 Å². The Morgan fingerprint density at radius 3 is 2.52 bits per heavy atom. The van der Waals surface area contributed by atoms with E-state index in [9.17, 15) is 4.79 Å². The number of benzene rings is 2. The molecule has 2 N–H and O–H groups in total. The topological polar surface area (TPSA) is 62.2 Å². The molecule has 0 bridgehead atoms. The average Bonchev–Trinajstić information content (AvgIpc) is 3.43. The third kappa shape index (κ3) is 4.48. The molecule has 25 heavy (non-hydrogen) atoms. The number of aromatic nitrogens is 1. The van der Waals surface area contributed by atoms with Crippen LogP contribution in [0.1, 0.15) is 24.8 Å². The molecule has 128 valence electrons. The Morgan fingerprint density at radius 1 is 1.12 bits per heavy atom. The number of anilines is 1. The Balaban J connectivity index is 0.000000549. The summed E-state index contributed by atoms with van der Waals surface area (Å²) in [5, 5.41) is 13.5. The van der Waals surface area contributed by atoms with Gasteiger partial charge in [-0.1, -0.05) is 55.1 Å². The van der Waals surface area contributed by atoms with E-state index in [4.69, 9.17) is 16.7 Å². The van der Waals surface area contributed by atoms with Crippen molar-refractivity contribution in [1.29, 1.82) is 0 Å². The van der Waals surface area contributed by atoms with Gasteiger partial charge >= 0.3 is 6.09 Å². The van der Waals surface area contributed by atoms with Crippen LogP contribution in [0.3, 0.4) is 0 Å². The Hall–Kier alpha value is -2.59. The van der Waals surface area contributed by atoms with Gasteiger partial charge in [0.25, 0.3) is 0 Å². The number of amides is 1. The first-order valence-corrected chi connectivity index (χ1v) is 8.57. The van der Waals surface area contributed by atoms with Gasteiger partial charge in [0.2, 0.25) is 0 Å². The van der Waals surface area contributed by atoms with E-state index in [1.54, 1.807) is 12.3 Å². The molecule has 0 saturated heterocycles. The van der Waals surface area contributed by atoms with Gasteiger partial charge < -0.3 is 5.11 Å². The number of pyridine rings is 1. The lowest BCUT2D eigenvalue weighted by molar-refractivity contribution is 0.209. The van der Waals surface area contributed by atoms with Crippen molar-refractivity contribution in [1.82, 2.24) is 4.98 Å². The van der Waals surface area contributed by atoms with E-state index in [0.29, 0.717) is 10.8 Å². The fraction of sp³-hybridized carbons (Fsp3) is 0.200. The number of rotatable bonds is 2. The molecule has 1 saturated carbocycles. The van der Waals surface area contributed by atoms with Gasteiger partial charge in [0, 0.05) is 22.2 Å². The van der Waals surface area contributed by atoms with Crippen molar-refractivity contribution in [2.45, 2.75) is 26.2 Å². The molecule has 0 aliphatic heterocycles. The van der Waals surface area contributed by atoms with Gasteiger partial charge in [-0.15, -0.1) is 0 Å². The highest BCUT2D eigenvalue weighted by Crippen LogP contribution is 2.33. The number of nitrogens with one attached hydrogen (secondary N) is 1. The molecule has 2 aromatic carbocycles. The number of aryl methyl sites for hydroxylation is 1. The van der Waals surface area contributed by atoms with E-state index in [-0.39, 0.29) is 0 Å². The maximum absolute atomic E-state index is 10.7. The molecule has 0 atom stereocenters. The molecule has 0 radical (unpaired) electrons. The minimum Gasteiger partial charge on any atom is -0.465 e. The summed E-state index contributed by atoms with van der Waals surface area (Å²) in [6, 6.07) is 13.4. The van der Waals surface area contributed by atoms with E-state index in [0.717, 1.165) is 27.5 Å². The number of hydrogen-bond acceptors (Lipinski definition) is 2. The predicted octanol–water partition coefficient (Wildman–Crippen LogP) is 6.12. The van der Waals surface area contributed by atoms with Crippen molar-refractivity contribution in [3.63, 3.8) is 0 Å². The SMILES string of the molecule is C1CC1.Cc1cccc(Cl)c1-c1ccc2cc(NC(=O)O)ncc2c1. The molecular weight excluding hydrogens is 336 g/mol. The quantitative estimate of drug-likeness (QED) is 0.582. The molecule has 3 aromatic rings. The maximum atomic E-state index is 10.7. The largest absolute Gasteiger partial charge is 0.465 e. The van der Waals surface area contributed by atoms with Crippen molar-refractivity contribution < 1.29 is 9.90 Å². The number of fused-ring (bicyclic) bond motifs is 1. The summed E-state index contributed by atoms with van der Waals surface area (Å²) < 4.78 is 0. The lowest BCUT2D eigenvalue weighted by Gasteiger charge is -2.10. The van der Waals surface area contributed by atoms with Crippen LogP contribution in [-0.2, 0) is 0 Å². The van der Waals surface area contributed by atoms with Crippen LogP contribution >= 0.6 is 11.6 Å². The summed E-state index contributed by atoms with van der Waals surface area (Å²) in [5.41, 5.74) is 3.11. The predicted molar refractivity (Wildman–Crippen MR) is 102 cm³/mol. The van der Waals surface area contributed by atoms with Gasteiger partial charge in [0.15, 0.2) is 0 Å². The van der Waals surface area contributed by atoms with E-state index in [2.05, 4.69) is 10.3 Å². The van der Waals surface area contributed by atoms with E-state index >= 15 is 0 Å². The van der Waals surface area contributed by atoms with Crippen molar-refractivity contribution in [3.05, 3.63) is 59.2 Å². The summed E-state index contributed by atoms with van der Waals surface area (Å²) in [4.78, 5) is 14.8. The molecule has 5 heteroatoms. The lowest BCUT2D eigenvalue weighted by Crippen LogP contribution is -2.08. The van der Waals surface area contributed by atoms with Crippen molar-refractivity contribution >= 4 is 34.3 Å². The average molecular weight is 355 g/mol. The minimum absolute atomic E-state index is 0.307. The molecule has 1 aromatic heterocycles. The second kappa shape index (κ2) is 7.53. The number of hydrogen-bond donors (Lipinski definition) is 2. The second-order valence-electron chi connectivity index (χ2n) is 6.05. The van der Waals surface area contributed by atoms with Gasteiger partial charge in [0.1, 0.15) is 5.82 Å². The zero-order valence-corrected chi connectivity index (χ0v) is 14.7. The molecule has 4 nitrogen and oxygen atoms in total. The maximum Gasteiger partial charge on any atom is 0.410 e.